The number of carbonyl (C=O) groups is 2. The van der Waals surface area contributed by atoms with Gasteiger partial charge in [-0.05, 0) is 44.7 Å². The lowest BCUT2D eigenvalue weighted by atomic mass is 9.97. The van der Waals surface area contributed by atoms with Crippen molar-refractivity contribution in [3.63, 3.8) is 0 Å². The third-order valence-electron chi connectivity index (χ3n) is 4.90. The Hall–Kier alpha value is -3.22. The molecule has 27 heavy (non-hydrogen) atoms. The number of rotatable bonds is 4. The van der Waals surface area contributed by atoms with Crippen molar-refractivity contribution in [1.82, 2.24) is 14.2 Å². The van der Waals surface area contributed by atoms with Crippen molar-refractivity contribution >= 4 is 22.9 Å². The van der Waals surface area contributed by atoms with Crippen molar-refractivity contribution in [2.45, 2.75) is 39.2 Å². The molecule has 1 amide bonds. The van der Waals surface area contributed by atoms with Crippen molar-refractivity contribution in [3.8, 4) is 0 Å². The molecule has 0 fully saturated rings. The Morgan fingerprint density at radius 2 is 2.00 bits per heavy atom. The number of carbonyl (C=O) groups excluding carboxylic acids is 2. The van der Waals surface area contributed by atoms with Crippen LogP contribution in [0.4, 0.5) is 5.69 Å². The van der Waals surface area contributed by atoms with Crippen LogP contribution in [0.3, 0.4) is 0 Å². The second-order valence-corrected chi connectivity index (χ2v) is 6.84. The Morgan fingerprint density at radius 1 is 1.19 bits per heavy atom. The SMILES string of the molecule is CC(=O)c1cccc(NC(=O)Cn2ccn3nc4c(c3c2=O)CCCC4)c1. The Kier molecular flexibility index (Phi) is 4.35. The molecule has 0 aliphatic heterocycles. The first kappa shape index (κ1) is 17.2. The molecule has 1 N–H and O–H groups in total. The molecule has 0 spiro atoms. The predicted molar refractivity (Wildman–Crippen MR) is 101 cm³/mol. The maximum Gasteiger partial charge on any atom is 0.277 e. The van der Waals surface area contributed by atoms with Crippen LogP contribution in [-0.2, 0) is 24.2 Å². The molecular weight excluding hydrogens is 344 g/mol. The minimum atomic E-state index is -0.324. The zero-order valence-corrected chi connectivity index (χ0v) is 15.1. The van der Waals surface area contributed by atoms with Crippen LogP contribution in [0.15, 0.2) is 41.5 Å². The largest absolute Gasteiger partial charge is 0.325 e. The number of aryl methyl sites for hydroxylation is 2. The van der Waals surface area contributed by atoms with Crippen molar-refractivity contribution in [2.24, 2.45) is 0 Å². The van der Waals surface area contributed by atoms with Crippen LogP contribution < -0.4 is 10.9 Å². The number of anilines is 1. The Bertz CT molecular complexity index is 1110. The van der Waals surface area contributed by atoms with E-state index in [9.17, 15) is 14.4 Å². The van der Waals surface area contributed by atoms with Crippen LogP contribution in [0.1, 0.15) is 41.4 Å². The van der Waals surface area contributed by atoms with Gasteiger partial charge < -0.3 is 9.88 Å². The highest BCUT2D eigenvalue weighted by Crippen LogP contribution is 2.22. The molecule has 1 aliphatic carbocycles. The predicted octanol–water partition coefficient (Wildman–Crippen LogP) is 2.22. The van der Waals surface area contributed by atoms with E-state index in [1.165, 1.54) is 11.5 Å². The molecule has 0 unspecified atom stereocenters. The number of aromatic nitrogens is 3. The second kappa shape index (κ2) is 6.83. The molecule has 0 atom stereocenters. The van der Waals surface area contributed by atoms with Gasteiger partial charge in [-0.3, -0.25) is 14.4 Å². The number of nitrogens with zero attached hydrogens (tertiary/aromatic N) is 3. The average Bonchev–Trinajstić information content (AvgIpc) is 3.03. The molecule has 7 nitrogen and oxygen atoms in total. The summed E-state index contributed by atoms with van der Waals surface area (Å²) in [5.41, 5.74) is 3.41. The molecule has 2 aromatic heterocycles. The number of nitrogens with one attached hydrogen (secondary N) is 1. The third kappa shape index (κ3) is 3.28. The first-order valence-electron chi connectivity index (χ1n) is 9.03. The molecule has 2 heterocycles. The van der Waals surface area contributed by atoms with Gasteiger partial charge in [-0.15, -0.1) is 0 Å². The van der Waals surface area contributed by atoms with Gasteiger partial charge in [0.05, 0.1) is 5.69 Å². The maximum atomic E-state index is 12.9. The van der Waals surface area contributed by atoms with Crippen LogP contribution in [0, 0.1) is 0 Å². The van der Waals surface area contributed by atoms with Crippen LogP contribution in [0.2, 0.25) is 0 Å². The summed E-state index contributed by atoms with van der Waals surface area (Å²) in [5.74, 6) is -0.395. The fourth-order valence-electron chi connectivity index (χ4n) is 3.55. The lowest BCUT2D eigenvalue weighted by Gasteiger charge is -2.10. The van der Waals surface area contributed by atoms with Gasteiger partial charge >= 0.3 is 0 Å². The van der Waals surface area contributed by atoms with Gasteiger partial charge in [-0.25, -0.2) is 4.52 Å². The summed E-state index contributed by atoms with van der Waals surface area (Å²) >= 11 is 0. The number of fused-ring (bicyclic) bond motifs is 3. The molecule has 0 saturated carbocycles. The van der Waals surface area contributed by atoms with E-state index in [1.807, 2.05) is 0 Å². The summed E-state index contributed by atoms with van der Waals surface area (Å²) in [7, 11) is 0. The van der Waals surface area contributed by atoms with E-state index >= 15 is 0 Å². The van der Waals surface area contributed by atoms with Gasteiger partial charge in [0, 0.05) is 29.2 Å². The monoisotopic (exact) mass is 364 g/mol. The van der Waals surface area contributed by atoms with Crippen molar-refractivity contribution in [3.05, 3.63) is 63.8 Å². The summed E-state index contributed by atoms with van der Waals surface area (Å²) < 4.78 is 3.03. The highest BCUT2D eigenvalue weighted by molar-refractivity contribution is 5.97. The van der Waals surface area contributed by atoms with E-state index in [4.69, 9.17) is 0 Å². The normalized spacial score (nSPS) is 13.4. The van der Waals surface area contributed by atoms with E-state index in [0.29, 0.717) is 16.8 Å². The lowest BCUT2D eigenvalue weighted by Crippen LogP contribution is -2.28. The topological polar surface area (TPSA) is 85.5 Å². The van der Waals surface area contributed by atoms with Crippen molar-refractivity contribution < 1.29 is 9.59 Å². The molecule has 1 aromatic carbocycles. The van der Waals surface area contributed by atoms with Gasteiger partial charge in [0.1, 0.15) is 12.1 Å². The zero-order valence-electron chi connectivity index (χ0n) is 15.1. The van der Waals surface area contributed by atoms with E-state index < -0.39 is 0 Å². The van der Waals surface area contributed by atoms with Crippen molar-refractivity contribution in [1.29, 1.82) is 0 Å². The molecular formula is C20H20N4O3. The smallest absolute Gasteiger partial charge is 0.277 e. The summed E-state index contributed by atoms with van der Waals surface area (Å²) in [6, 6.07) is 6.74. The number of hydrogen-bond donors (Lipinski definition) is 1. The fraction of sp³-hybridized carbons (Fsp3) is 0.300. The minimum Gasteiger partial charge on any atom is -0.325 e. The van der Waals surface area contributed by atoms with Crippen LogP contribution >= 0.6 is 0 Å². The lowest BCUT2D eigenvalue weighted by molar-refractivity contribution is -0.116. The minimum absolute atomic E-state index is 0.0710. The van der Waals surface area contributed by atoms with Gasteiger partial charge in [0.2, 0.25) is 5.91 Å². The van der Waals surface area contributed by atoms with E-state index in [-0.39, 0.29) is 23.8 Å². The maximum absolute atomic E-state index is 12.9. The number of Topliss-reactive ketones (excluding diaryl/α,β-unsaturated/α-hetero) is 1. The summed E-state index contributed by atoms with van der Waals surface area (Å²) in [4.78, 5) is 36.7. The second-order valence-electron chi connectivity index (χ2n) is 6.84. The van der Waals surface area contributed by atoms with Crippen molar-refractivity contribution in [2.75, 3.05) is 5.32 Å². The van der Waals surface area contributed by atoms with E-state index in [0.717, 1.165) is 36.9 Å². The standard InChI is InChI=1S/C20H20N4O3/c1-13(25)14-5-4-6-15(11-14)21-18(26)12-23-9-10-24-19(20(23)27)16-7-2-3-8-17(16)22-24/h4-6,9-11H,2-3,7-8,12H2,1H3,(H,21,26). The molecule has 0 bridgehead atoms. The Labute approximate surface area is 155 Å². The Morgan fingerprint density at radius 3 is 2.81 bits per heavy atom. The molecule has 3 aromatic rings. The highest BCUT2D eigenvalue weighted by atomic mass is 16.2. The van der Waals surface area contributed by atoms with Crippen LogP contribution in [0.5, 0.6) is 0 Å². The quantitative estimate of drug-likeness (QED) is 0.719. The van der Waals surface area contributed by atoms with Gasteiger partial charge in [-0.2, -0.15) is 5.10 Å². The first-order valence-corrected chi connectivity index (χ1v) is 9.03. The number of amides is 1. The third-order valence-corrected chi connectivity index (χ3v) is 4.90. The molecule has 4 rings (SSSR count). The summed E-state index contributed by atoms with van der Waals surface area (Å²) in [6.45, 7) is 1.38. The first-order chi connectivity index (χ1) is 13.0. The molecule has 0 radical (unpaired) electrons. The van der Waals surface area contributed by atoms with E-state index in [1.54, 1.807) is 41.2 Å². The Balaban J connectivity index is 1.59. The molecule has 0 saturated heterocycles. The highest BCUT2D eigenvalue weighted by Gasteiger charge is 2.20. The fourth-order valence-corrected chi connectivity index (χ4v) is 3.55. The molecule has 7 heteroatoms. The average molecular weight is 364 g/mol. The van der Waals surface area contributed by atoms with Gasteiger partial charge in [-0.1, -0.05) is 12.1 Å². The summed E-state index contributed by atoms with van der Waals surface area (Å²) in [5, 5.41) is 7.24. The van der Waals surface area contributed by atoms with Crippen LogP contribution in [0.25, 0.3) is 5.52 Å². The number of hydrogen-bond acceptors (Lipinski definition) is 4. The van der Waals surface area contributed by atoms with E-state index in [2.05, 4.69) is 10.4 Å². The summed E-state index contributed by atoms with van der Waals surface area (Å²) in [6.07, 6.45) is 7.19. The number of ketones is 1. The number of benzene rings is 1. The molecule has 1 aliphatic rings. The van der Waals surface area contributed by atoms with Gasteiger partial charge in [0.25, 0.3) is 5.56 Å². The van der Waals surface area contributed by atoms with Crippen LogP contribution in [-0.4, -0.2) is 25.9 Å². The van der Waals surface area contributed by atoms with Gasteiger partial charge in [0.15, 0.2) is 5.78 Å². The zero-order chi connectivity index (χ0) is 19.0. The molecule has 138 valence electrons.